The summed E-state index contributed by atoms with van der Waals surface area (Å²) in [4.78, 5) is 1.98. The second-order valence-electron chi connectivity index (χ2n) is 4.78. The first kappa shape index (κ1) is 14.4. The van der Waals surface area contributed by atoms with Crippen LogP contribution < -0.4 is 10.6 Å². The van der Waals surface area contributed by atoms with Crippen LogP contribution in [0.15, 0.2) is 24.3 Å². The van der Waals surface area contributed by atoms with Gasteiger partial charge in [-0.15, -0.1) is 0 Å². The molecule has 2 rings (SSSR count). The van der Waals surface area contributed by atoms with Crippen LogP contribution in [0, 0.1) is 5.82 Å². The molecule has 5 heteroatoms. The summed E-state index contributed by atoms with van der Waals surface area (Å²) in [7, 11) is 1.87. The van der Waals surface area contributed by atoms with E-state index in [1.807, 2.05) is 24.9 Å². The highest BCUT2D eigenvalue weighted by Gasteiger charge is 2.19. The third-order valence-corrected chi connectivity index (χ3v) is 3.31. The standard InChI is InChI=1S/C15H21FN4/c1-4-7-13-14(17)15(19(3)18-13)20(5-2)12-9-6-8-11(16)10-12/h6,8-10H,4-5,7,17H2,1-3H3. The van der Waals surface area contributed by atoms with Crippen LogP contribution in [-0.2, 0) is 13.5 Å². The molecule has 0 fully saturated rings. The van der Waals surface area contributed by atoms with Crippen molar-refractivity contribution in [2.75, 3.05) is 17.2 Å². The van der Waals surface area contributed by atoms with E-state index >= 15 is 0 Å². The summed E-state index contributed by atoms with van der Waals surface area (Å²) in [6, 6.07) is 6.52. The number of rotatable bonds is 5. The van der Waals surface area contributed by atoms with Gasteiger partial charge in [-0.3, -0.25) is 4.68 Å². The molecule has 1 heterocycles. The van der Waals surface area contributed by atoms with Gasteiger partial charge in [0, 0.05) is 19.3 Å². The minimum atomic E-state index is -0.254. The lowest BCUT2D eigenvalue weighted by atomic mass is 10.2. The van der Waals surface area contributed by atoms with E-state index in [1.165, 1.54) is 12.1 Å². The minimum Gasteiger partial charge on any atom is -0.394 e. The number of aromatic nitrogens is 2. The van der Waals surface area contributed by atoms with E-state index in [-0.39, 0.29) is 5.82 Å². The van der Waals surface area contributed by atoms with Crippen LogP contribution in [0.2, 0.25) is 0 Å². The molecule has 20 heavy (non-hydrogen) atoms. The largest absolute Gasteiger partial charge is 0.394 e. The van der Waals surface area contributed by atoms with Crippen molar-refractivity contribution in [1.82, 2.24) is 9.78 Å². The topological polar surface area (TPSA) is 47.1 Å². The zero-order valence-corrected chi connectivity index (χ0v) is 12.2. The van der Waals surface area contributed by atoms with Crippen molar-refractivity contribution in [3.05, 3.63) is 35.8 Å². The number of halogens is 1. The molecular weight excluding hydrogens is 255 g/mol. The van der Waals surface area contributed by atoms with Crippen LogP contribution in [-0.4, -0.2) is 16.3 Å². The summed E-state index contributed by atoms with van der Waals surface area (Å²) in [5, 5.41) is 4.47. The van der Waals surface area contributed by atoms with Crippen molar-refractivity contribution >= 4 is 17.2 Å². The summed E-state index contributed by atoms with van der Waals surface area (Å²) in [6.45, 7) is 4.80. The third kappa shape index (κ3) is 2.61. The fourth-order valence-electron chi connectivity index (χ4n) is 2.43. The molecule has 0 amide bonds. The lowest BCUT2D eigenvalue weighted by Crippen LogP contribution is -2.20. The SMILES string of the molecule is CCCc1nn(C)c(N(CC)c2cccc(F)c2)c1N. The summed E-state index contributed by atoms with van der Waals surface area (Å²) < 4.78 is 15.2. The summed E-state index contributed by atoms with van der Waals surface area (Å²) >= 11 is 0. The van der Waals surface area contributed by atoms with Gasteiger partial charge in [-0.1, -0.05) is 19.4 Å². The Labute approximate surface area is 119 Å². The van der Waals surface area contributed by atoms with E-state index in [9.17, 15) is 4.39 Å². The Bertz CT molecular complexity index is 592. The third-order valence-electron chi connectivity index (χ3n) is 3.31. The van der Waals surface area contributed by atoms with Crippen molar-refractivity contribution in [3.63, 3.8) is 0 Å². The van der Waals surface area contributed by atoms with Gasteiger partial charge < -0.3 is 10.6 Å². The number of nitrogens with two attached hydrogens (primary N) is 1. The molecule has 0 saturated carbocycles. The van der Waals surface area contributed by atoms with Crippen molar-refractivity contribution in [3.8, 4) is 0 Å². The maximum absolute atomic E-state index is 13.4. The first-order valence-corrected chi connectivity index (χ1v) is 6.92. The van der Waals surface area contributed by atoms with Crippen LogP contribution in [0.4, 0.5) is 21.6 Å². The molecule has 4 nitrogen and oxygen atoms in total. The molecule has 0 aliphatic carbocycles. The average Bonchev–Trinajstić information content (AvgIpc) is 2.68. The van der Waals surface area contributed by atoms with Crippen LogP contribution >= 0.6 is 0 Å². The van der Waals surface area contributed by atoms with E-state index in [2.05, 4.69) is 12.0 Å². The molecule has 0 unspecified atom stereocenters. The maximum atomic E-state index is 13.4. The summed E-state index contributed by atoms with van der Waals surface area (Å²) in [5.41, 5.74) is 8.59. The summed E-state index contributed by atoms with van der Waals surface area (Å²) in [5.74, 6) is 0.567. The molecule has 0 radical (unpaired) electrons. The fraction of sp³-hybridized carbons (Fsp3) is 0.400. The lowest BCUT2D eigenvalue weighted by Gasteiger charge is -2.23. The number of aryl methyl sites for hydroxylation is 2. The molecule has 0 bridgehead atoms. The van der Waals surface area contributed by atoms with Gasteiger partial charge in [-0.05, 0) is 31.5 Å². The molecule has 0 spiro atoms. The van der Waals surface area contributed by atoms with Crippen molar-refractivity contribution in [2.45, 2.75) is 26.7 Å². The quantitative estimate of drug-likeness (QED) is 0.912. The second kappa shape index (κ2) is 5.94. The lowest BCUT2D eigenvalue weighted by molar-refractivity contribution is 0.627. The first-order chi connectivity index (χ1) is 9.58. The van der Waals surface area contributed by atoms with E-state index in [0.717, 1.165) is 30.0 Å². The Kier molecular flexibility index (Phi) is 4.27. The highest BCUT2D eigenvalue weighted by atomic mass is 19.1. The first-order valence-electron chi connectivity index (χ1n) is 6.92. The second-order valence-corrected chi connectivity index (χ2v) is 4.78. The Hall–Kier alpha value is -2.04. The zero-order valence-electron chi connectivity index (χ0n) is 12.2. The molecule has 0 aliphatic rings. The maximum Gasteiger partial charge on any atom is 0.154 e. The normalized spacial score (nSPS) is 10.8. The molecule has 1 aromatic heterocycles. The van der Waals surface area contributed by atoms with Gasteiger partial charge in [0.1, 0.15) is 5.82 Å². The predicted octanol–water partition coefficient (Wildman–Crippen LogP) is 3.25. The van der Waals surface area contributed by atoms with Gasteiger partial charge in [0.05, 0.1) is 11.4 Å². The van der Waals surface area contributed by atoms with Gasteiger partial charge in [0.15, 0.2) is 5.82 Å². The molecule has 1 aromatic carbocycles. The van der Waals surface area contributed by atoms with Crippen LogP contribution in [0.25, 0.3) is 0 Å². The molecule has 2 aromatic rings. The van der Waals surface area contributed by atoms with E-state index in [4.69, 9.17) is 5.73 Å². The number of nitrogen functional groups attached to an aromatic ring is 1. The summed E-state index contributed by atoms with van der Waals surface area (Å²) in [6.07, 6.45) is 1.84. The number of hydrogen-bond donors (Lipinski definition) is 1. The monoisotopic (exact) mass is 276 g/mol. The van der Waals surface area contributed by atoms with Crippen LogP contribution in [0.1, 0.15) is 26.0 Å². The Morgan fingerprint density at radius 3 is 2.70 bits per heavy atom. The Morgan fingerprint density at radius 1 is 1.35 bits per heavy atom. The van der Waals surface area contributed by atoms with Crippen molar-refractivity contribution in [2.24, 2.45) is 7.05 Å². The highest BCUT2D eigenvalue weighted by Crippen LogP contribution is 2.32. The molecule has 0 saturated heterocycles. The van der Waals surface area contributed by atoms with Gasteiger partial charge >= 0.3 is 0 Å². The van der Waals surface area contributed by atoms with Gasteiger partial charge in [-0.2, -0.15) is 5.10 Å². The van der Waals surface area contributed by atoms with Gasteiger partial charge in [0.25, 0.3) is 0 Å². The number of benzene rings is 1. The average molecular weight is 276 g/mol. The van der Waals surface area contributed by atoms with E-state index in [1.54, 1.807) is 10.7 Å². The van der Waals surface area contributed by atoms with Gasteiger partial charge in [-0.25, -0.2) is 4.39 Å². The Balaban J connectivity index is 2.47. The molecular formula is C15H21FN4. The minimum absolute atomic E-state index is 0.254. The van der Waals surface area contributed by atoms with E-state index in [0.29, 0.717) is 12.2 Å². The predicted molar refractivity (Wildman–Crippen MR) is 80.7 cm³/mol. The van der Waals surface area contributed by atoms with Crippen molar-refractivity contribution < 1.29 is 4.39 Å². The molecule has 0 atom stereocenters. The molecule has 0 aliphatic heterocycles. The molecule has 2 N–H and O–H groups in total. The smallest absolute Gasteiger partial charge is 0.154 e. The zero-order chi connectivity index (χ0) is 14.7. The highest BCUT2D eigenvalue weighted by molar-refractivity contribution is 5.73. The van der Waals surface area contributed by atoms with Gasteiger partial charge in [0.2, 0.25) is 0 Å². The Morgan fingerprint density at radius 2 is 2.10 bits per heavy atom. The fourth-order valence-corrected chi connectivity index (χ4v) is 2.43. The number of hydrogen-bond acceptors (Lipinski definition) is 3. The van der Waals surface area contributed by atoms with Crippen molar-refractivity contribution in [1.29, 1.82) is 0 Å². The molecule has 108 valence electrons. The number of anilines is 3. The number of nitrogens with zero attached hydrogens (tertiary/aromatic N) is 3. The van der Waals surface area contributed by atoms with Crippen LogP contribution in [0.3, 0.4) is 0 Å². The van der Waals surface area contributed by atoms with Crippen LogP contribution in [0.5, 0.6) is 0 Å². The van der Waals surface area contributed by atoms with E-state index < -0.39 is 0 Å².